The third kappa shape index (κ3) is 4.45. The van der Waals surface area contributed by atoms with Gasteiger partial charge in [0.05, 0.1) is 0 Å². The Morgan fingerprint density at radius 2 is 1.50 bits per heavy atom. The summed E-state index contributed by atoms with van der Waals surface area (Å²) >= 11 is 0. The van der Waals surface area contributed by atoms with Crippen LogP contribution >= 0.6 is 0 Å². The zero-order valence-corrected chi connectivity index (χ0v) is 10.6. The average Bonchev–Trinajstić information content (AvgIpc) is 1.97. The predicted octanol–water partition coefficient (Wildman–Crippen LogP) is 3.45. The van der Waals surface area contributed by atoms with Crippen molar-refractivity contribution in [1.82, 2.24) is 5.32 Å². The van der Waals surface area contributed by atoms with Gasteiger partial charge in [-0.1, -0.05) is 34.6 Å². The summed E-state index contributed by atoms with van der Waals surface area (Å²) in [6, 6.07) is 0.771. The van der Waals surface area contributed by atoms with Gasteiger partial charge in [-0.3, -0.25) is 0 Å². The molecule has 84 valence electrons. The van der Waals surface area contributed by atoms with E-state index in [0.717, 1.165) is 24.4 Å². The molecular formula is C13H27N. The molecule has 1 aliphatic rings. The number of nitrogens with one attached hydrogen (secondary N) is 1. The Hall–Kier alpha value is -0.0400. The average molecular weight is 197 g/mol. The highest BCUT2D eigenvalue weighted by molar-refractivity contribution is 4.81. The van der Waals surface area contributed by atoms with Crippen LogP contribution in [0.15, 0.2) is 0 Å². The van der Waals surface area contributed by atoms with E-state index >= 15 is 0 Å². The topological polar surface area (TPSA) is 12.0 Å². The highest BCUT2D eigenvalue weighted by Gasteiger charge is 2.24. The Bertz CT molecular complexity index is 159. The van der Waals surface area contributed by atoms with Crippen molar-refractivity contribution in [2.75, 3.05) is 6.54 Å². The van der Waals surface area contributed by atoms with Crippen LogP contribution in [0.5, 0.6) is 0 Å². The lowest BCUT2D eigenvalue weighted by atomic mass is 9.80. The molecule has 1 rings (SSSR count). The minimum absolute atomic E-state index is 0.421. The summed E-state index contributed by atoms with van der Waals surface area (Å²) in [7, 11) is 0. The number of hydrogen-bond acceptors (Lipinski definition) is 1. The van der Waals surface area contributed by atoms with Gasteiger partial charge in [0.2, 0.25) is 0 Å². The lowest BCUT2D eigenvalue weighted by molar-refractivity contribution is 0.222. The Balaban J connectivity index is 2.30. The Labute approximate surface area is 89.7 Å². The lowest BCUT2D eigenvalue weighted by Gasteiger charge is -2.34. The quantitative estimate of drug-likeness (QED) is 0.715. The van der Waals surface area contributed by atoms with E-state index in [2.05, 4.69) is 39.9 Å². The Morgan fingerprint density at radius 3 is 1.93 bits per heavy atom. The minimum Gasteiger partial charge on any atom is -0.313 e. The van der Waals surface area contributed by atoms with Gasteiger partial charge >= 0.3 is 0 Å². The third-order valence-corrected chi connectivity index (χ3v) is 3.10. The molecular weight excluding hydrogens is 170 g/mol. The lowest BCUT2D eigenvalue weighted by Crippen LogP contribution is -2.40. The maximum atomic E-state index is 3.72. The minimum atomic E-state index is 0.421. The van der Waals surface area contributed by atoms with Crippen LogP contribution in [0.4, 0.5) is 0 Å². The van der Waals surface area contributed by atoms with Crippen molar-refractivity contribution in [3.63, 3.8) is 0 Å². The number of hydrogen-bond donors (Lipinski definition) is 1. The van der Waals surface area contributed by atoms with Crippen LogP contribution < -0.4 is 5.32 Å². The molecule has 0 aromatic carbocycles. The second kappa shape index (κ2) is 4.65. The molecule has 1 nitrogen and oxygen atoms in total. The van der Waals surface area contributed by atoms with Crippen LogP contribution in [0.1, 0.15) is 53.9 Å². The highest BCUT2D eigenvalue weighted by atomic mass is 14.9. The fourth-order valence-corrected chi connectivity index (χ4v) is 2.56. The summed E-state index contributed by atoms with van der Waals surface area (Å²) in [5.41, 5.74) is 0.421. The second-order valence-electron chi connectivity index (χ2n) is 6.56. The summed E-state index contributed by atoms with van der Waals surface area (Å²) in [6.07, 6.45) is 4.18. The van der Waals surface area contributed by atoms with Crippen molar-refractivity contribution >= 4 is 0 Å². The molecule has 0 aromatic heterocycles. The smallest absolute Gasteiger partial charge is 0.00723 e. The SMILES string of the molecule is CC1CC(C)CC(NCC(C)(C)C)C1. The van der Waals surface area contributed by atoms with Gasteiger partial charge in [0.15, 0.2) is 0 Å². The first-order chi connectivity index (χ1) is 6.37. The molecule has 0 amide bonds. The molecule has 1 fully saturated rings. The van der Waals surface area contributed by atoms with Crippen molar-refractivity contribution in [2.24, 2.45) is 17.3 Å². The second-order valence-corrected chi connectivity index (χ2v) is 6.56. The van der Waals surface area contributed by atoms with Crippen molar-refractivity contribution in [1.29, 1.82) is 0 Å². The fourth-order valence-electron chi connectivity index (χ4n) is 2.56. The van der Waals surface area contributed by atoms with Crippen molar-refractivity contribution in [3.8, 4) is 0 Å². The molecule has 2 unspecified atom stereocenters. The monoisotopic (exact) mass is 197 g/mol. The maximum absolute atomic E-state index is 3.72. The molecule has 0 bridgehead atoms. The van der Waals surface area contributed by atoms with E-state index in [1.165, 1.54) is 19.3 Å². The van der Waals surface area contributed by atoms with Crippen LogP contribution in [0.2, 0.25) is 0 Å². The zero-order chi connectivity index (χ0) is 10.8. The molecule has 2 atom stereocenters. The first-order valence-corrected chi connectivity index (χ1v) is 6.10. The van der Waals surface area contributed by atoms with Gasteiger partial charge in [-0.25, -0.2) is 0 Å². The normalized spacial score (nSPS) is 34.5. The molecule has 0 saturated heterocycles. The van der Waals surface area contributed by atoms with Gasteiger partial charge in [0.25, 0.3) is 0 Å². The Kier molecular flexibility index (Phi) is 4.00. The zero-order valence-electron chi connectivity index (χ0n) is 10.6. The standard InChI is InChI=1S/C13H27N/c1-10-6-11(2)8-12(7-10)14-9-13(3,4)5/h10-12,14H,6-9H2,1-5H3. The summed E-state index contributed by atoms with van der Waals surface area (Å²) in [5.74, 6) is 1.83. The Morgan fingerprint density at radius 1 is 1.00 bits per heavy atom. The van der Waals surface area contributed by atoms with E-state index in [-0.39, 0.29) is 0 Å². The predicted molar refractivity (Wildman–Crippen MR) is 63.4 cm³/mol. The molecule has 0 spiro atoms. The van der Waals surface area contributed by atoms with Crippen molar-refractivity contribution < 1.29 is 0 Å². The largest absolute Gasteiger partial charge is 0.313 e. The van der Waals surface area contributed by atoms with Crippen LogP contribution in [-0.4, -0.2) is 12.6 Å². The van der Waals surface area contributed by atoms with Crippen LogP contribution in [0.25, 0.3) is 0 Å². The molecule has 0 aliphatic heterocycles. The van der Waals surface area contributed by atoms with E-state index in [9.17, 15) is 0 Å². The van der Waals surface area contributed by atoms with Gasteiger partial charge in [0.1, 0.15) is 0 Å². The van der Waals surface area contributed by atoms with Crippen molar-refractivity contribution in [3.05, 3.63) is 0 Å². The van der Waals surface area contributed by atoms with Gasteiger partial charge in [-0.15, -0.1) is 0 Å². The molecule has 0 heterocycles. The number of rotatable bonds is 2. The first-order valence-electron chi connectivity index (χ1n) is 6.10. The summed E-state index contributed by atoms with van der Waals surface area (Å²) < 4.78 is 0. The van der Waals surface area contributed by atoms with E-state index in [1.54, 1.807) is 0 Å². The summed E-state index contributed by atoms with van der Waals surface area (Å²) in [4.78, 5) is 0. The summed E-state index contributed by atoms with van der Waals surface area (Å²) in [6.45, 7) is 12.8. The van der Waals surface area contributed by atoms with Crippen LogP contribution in [-0.2, 0) is 0 Å². The molecule has 14 heavy (non-hydrogen) atoms. The van der Waals surface area contributed by atoms with E-state index in [4.69, 9.17) is 0 Å². The first kappa shape index (κ1) is 12.0. The highest BCUT2D eigenvalue weighted by Crippen LogP contribution is 2.28. The fraction of sp³-hybridized carbons (Fsp3) is 1.00. The molecule has 1 aliphatic carbocycles. The van der Waals surface area contributed by atoms with E-state index < -0.39 is 0 Å². The summed E-state index contributed by atoms with van der Waals surface area (Å²) in [5, 5.41) is 3.72. The van der Waals surface area contributed by atoms with Gasteiger partial charge in [-0.2, -0.15) is 0 Å². The van der Waals surface area contributed by atoms with E-state index in [1.807, 2.05) is 0 Å². The maximum Gasteiger partial charge on any atom is 0.00723 e. The molecule has 1 saturated carbocycles. The van der Waals surface area contributed by atoms with Crippen LogP contribution in [0.3, 0.4) is 0 Å². The van der Waals surface area contributed by atoms with Gasteiger partial charge < -0.3 is 5.32 Å². The molecule has 1 heteroatoms. The van der Waals surface area contributed by atoms with E-state index in [0.29, 0.717) is 5.41 Å². The van der Waals surface area contributed by atoms with Gasteiger partial charge in [0, 0.05) is 12.6 Å². The van der Waals surface area contributed by atoms with Crippen molar-refractivity contribution in [2.45, 2.75) is 59.9 Å². The van der Waals surface area contributed by atoms with Gasteiger partial charge in [-0.05, 0) is 36.5 Å². The molecule has 1 N–H and O–H groups in total. The molecule has 0 radical (unpaired) electrons. The van der Waals surface area contributed by atoms with Crippen LogP contribution in [0, 0.1) is 17.3 Å². The third-order valence-electron chi connectivity index (χ3n) is 3.10. The molecule has 0 aromatic rings.